The van der Waals surface area contributed by atoms with Crippen LogP contribution >= 0.6 is 0 Å². The zero-order valence-corrected chi connectivity index (χ0v) is 5.10. The summed E-state index contributed by atoms with van der Waals surface area (Å²) < 4.78 is 0. The van der Waals surface area contributed by atoms with Gasteiger partial charge in [0.2, 0.25) is 5.39 Å². The van der Waals surface area contributed by atoms with Crippen molar-refractivity contribution in [2.24, 2.45) is 5.11 Å². The van der Waals surface area contributed by atoms with Gasteiger partial charge in [0.1, 0.15) is 0 Å². The van der Waals surface area contributed by atoms with Gasteiger partial charge in [-0.2, -0.15) is 0 Å². The summed E-state index contributed by atoms with van der Waals surface area (Å²) in [5.74, 6) is 0. The van der Waals surface area contributed by atoms with Crippen molar-refractivity contribution < 1.29 is 0 Å². The lowest BCUT2D eigenvalue weighted by atomic mass is 10.3. The Morgan fingerprint density at radius 1 is 1.30 bits per heavy atom. The monoisotopic (exact) mass is 132 g/mol. The quantitative estimate of drug-likeness (QED) is 0.428. The first-order chi connectivity index (χ1) is 4.86. The molecule has 0 heterocycles. The van der Waals surface area contributed by atoms with Crippen molar-refractivity contribution in [2.75, 3.05) is 0 Å². The Hall–Kier alpha value is -1.76. The van der Waals surface area contributed by atoms with Crippen molar-refractivity contribution in [3.63, 3.8) is 0 Å². The molecule has 10 heavy (non-hydrogen) atoms. The van der Waals surface area contributed by atoms with E-state index in [2.05, 4.69) is 10.1 Å². The van der Waals surface area contributed by atoms with E-state index in [0.717, 1.165) is 0 Å². The lowest BCUT2D eigenvalue weighted by Crippen LogP contribution is -1.59. The summed E-state index contributed by atoms with van der Waals surface area (Å²) in [5.41, 5.74) is 9.11. The molecule has 48 valence electrons. The Morgan fingerprint density at radius 3 is 2.30 bits per heavy atom. The molecule has 0 bridgehead atoms. The van der Waals surface area contributed by atoms with Gasteiger partial charge in [-0.3, -0.25) is 0 Å². The minimum absolute atomic E-state index is 0.437. The summed E-state index contributed by atoms with van der Waals surface area (Å²) in [6.45, 7) is 0. The topological polar surface area (TPSA) is 62.8 Å². The van der Waals surface area contributed by atoms with E-state index in [0.29, 0.717) is 11.4 Å². The van der Waals surface area contributed by atoms with E-state index >= 15 is 0 Å². The van der Waals surface area contributed by atoms with Crippen LogP contribution in [0, 0.1) is 5.39 Å². The Labute approximate surface area is 57.6 Å². The summed E-state index contributed by atoms with van der Waals surface area (Å²) in [6.07, 6.45) is 0. The van der Waals surface area contributed by atoms with Gasteiger partial charge < -0.3 is 10.6 Å². The molecule has 0 aliphatic carbocycles. The normalized spacial score (nSPS) is 8.30. The minimum Gasteiger partial charge on any atom is -0.706 e. The van der Waals surface area contributed by atoms with E-state index in [1.807, 2.05) is 0 Å². The molecule has 0 spiro atoms. The lowest BCUT2D eigenvalue weighted by Gasteiger charge is -1.90. The van der Waals surface area contributed by atoms with E-state index < -0.39 is 0 Å². The fourth-order valence-electron chi connectivity index (χ4n) is 0.586. The van der Waals surface area contributed by atoms with Crippen molar-refractivity contribution >= 4 is 11.4 Å². The predicted molar refractivity (Wildman–Crippen MR) is 36.6 cm³/mol. The van der Waals surface area contributed by atoms with Gasteiger partial charge >= 0.3 is 5.69 Å². The largest absolute Gasteiger partial charge is 0.706 e. The summed E-state index contributed by atoms with van der Waals surface area (Å²) in [4.78, 5) is 2.92. The third-order valence-electron chi connectivity index (χ3n) is 1.08. The molecule has 0 aliphatic rings. The molecule has 1 rings (SSSR count). The molecule has 1 aromatic carbocycles. The van der Waals surface area contributed by atoms with Crippen LogP contribution < -0.4 is 0 Å². The maximum Gasteiger partial charge on any atom is 0.385 e. The Morgan fingerprint density at radius 2 is 1.90 bits per heavy atom. The van der Waals surface area contributed by atoms with Gasteiger partial charge in [-0.15, -0.1) is 0 Å². The molecular formula is C6H4N4. The second-order valence-corrected chi connectivity index (χ2v) is 1.72. The van der Waals surface area contributed by atoms with Crippen LogP contribution in [0.1, 0.15) is 0 Å². The highest BCUT2D eigenvalue weighted by atomic mass is 15.0. The van der Waals surface area contributed by atoms with Gasteiger partial charge in [0, 0.05) is 17.8 Å². The number of hydrogen-bond acceptors (Lipinski definition) is 2. The highest BCUT2D eigenvalue weighted by molar-refractivity contribution is 5.50. The maximum absolute atomic E-state index is 8.23. The van der Waals surface area contributed by atoms with Crippen molar-refractivity contribution in [3.05, 3.63) is 34.8 Å². The molecule has 0 radical (unpaired) electrons. The van der Waals surface area contributed by atoms with E-state index in [1.165, 1.54) is 24.3 Å². The Bertz CT molecular complexity index is 269. The molecular weight excluding hydrogens is 128 g/mol. The van der Waals surface area contributed by atoms with Gasteiger partial charge in [-0.05, 0) is 12.1 Å². The molecule has 0 atom stereocenters. The third kappa shape index (κ3) is 1.14. The first kappa shape index (κ1) is 6.36. The zero-order valence-electron chi connectivity index (χ0n) is 5.10. The summed E-state index contributed by atoms with van der Waals surface area (Å²) in [6, 6.07) is 6.15. The van der Waals surface area contributed by atoms with E-state index in [4.69, 9.17) is 10.9 Å². The number of diazo groups is 1. The average Bonchev–Trinajstić information content (AvgIpc) is 2.05. The molecule has 0 fully saturated rings. The van der Waals surface area contributed by atoms with Crippen LogP contribution in [0.25, 0.3) is 10.5 Å². The van der Waals surface area contributed by atoms with Crippen LogP contribution in [0.5, 0.6) is 0 Å². The number of rotatable bonds is 1. The molecule has 0 amide bonds. The molecule has 0 aromatic heterocycles. The fourth-order valence-corrected chi connectivity index (χ4v) is 0.586. The van der Waals surface area contributed by atoms with Crippen molar-refractivity contribution in [2.45, 2.75) is 0 Å². The van der Waals surface area contributed by atoms with Crippen LogP contribution in [0.15, 0.2) is 29.4 Å². The highest BCUT2D eigenvalue weighted by Gasteiger charge is 1.99. The van der Waals surface area contributed by atoms with Gasteiger partial charge in [-0.25, -0.2) is 0 Å². The Kier molecular flexibility index (Phi) is 1.71. The average molecular weight is 132 g/mol. The van der Waals surface area contributed by atoms with Gasteiger partial charge in [0.05, 0.1) is 0 Å². The van der Waals surface area contributed by atoms with Gasteiger partial charge in [0.15, 0.2) is 4.98 Å². The molecule has 0 unspecified atom stereocenters. The van der Waals surface area contributed by atoms with Crippen LogP contribution in [-0.4, -0.2) is 0 Å². The summed E-state index contributed by atoms with van der Waals surface area (Å²) in [7, 11) is 0. The summed E-state index contributed by atoms with van der Waals surface area (Å²) >= 11 is 0. The van der Waals surface area contributed by atoms with Crippen molar-refractivity contribution in [3.8, 4) is 0 Å². The molecule has 0 saturated carbocycles. The smallest absolute Gasteiger partial charge is 0.385 e. The first-order valence-corrected chi connectivity index (χ1v) is 2.67. The highest BCUT2D eigenvalue weighted by Crippen LogP contribution is 2.17. The molecule has 0 N–H and O–H groups in total. The standard InChI is InChI=1S/C6H4N4/c7-9-5-1-2-6(10-8)4-3-5/h1-4H. The third-order valence-corrected chi connectivity index (χ3v) is 1.08. The minimum atomic E-state index is 0.437. The lowest BCUT2D eigenvalue weighted by molar-refractivity contribution is 1.45. The van der Waals surface area contributed by atoms with Crippen molar-refractivity contribution in [1.29, 1.82) is 5.39 Å². The maximum atomic E-state index is 8.23. The molecule has 4 heteroatoms. The fraction of sp³-hybridized carbons (Fsp3) is 0. The zero-order chi connectivity index (χ0) is 7.40. The van der Waals surface area contributed by atoms with Crippen LogP contribution in [0.2, 0.25) is 0 Å². The van der Waals surface area contributed by atoms with Crippen LogP contribution in [0.3, 0.4) is 0 Å². The summed E-state index contributed by atoms with van der Waals surface area (Å²) in [5, 5.41) is 11.2. The van der Waals surface area contributed by atoms with Crippen LogP contribution in [-0.2, 0) is 0 Å². The SMILES string of the molecule is N#[N+]c1ccc(N=[N-])cc1. The van der Waals surface area contributed by atoms with Crippen LogP contribution in [0.4, 0.5) is 11.4 Å². The molecule has 0 saturated heterocycles. The van der Waals surface area contributed by atoms with Crippen molar-refractivity contribution in [1.82, 2.24) is 0 Å². The van der Waals surface area contributed by atoms with E-state index in [-0.39, 0.29) is 0 Å². The van der Waals surface area contributed by atoms with Gasteiger partial charge in [0.25, 0.3) is 0 Å². The van der Waals surface area contributed by atoms with Gasteiger partial charge in [-0.1, -0.05) is 0 Å². The predicted octanol–water partition coefficient (Wildman–Crippen LogP) is 2.82. The second kappa shape index (κ2) is 2.69. The Balaban J connectivity index is 3.04. The molecule has 4 nitrogen and oxygen atoms in total. The second-order valence-electron chi connectivity index (χ2n) is 1.72. The first-order valence-electron chi connectivity index (χ1n) is 2.67. The van der Waals surface area contributed by atoms with E-state index in [9.17, 15) is 0 Å². The number of benzene rings is 1. The molecule has 1 aromatic rings. The molecule has 0 aliphatic heterocycles. The number of hydrogen-bond donors (Lipinski definition) is 0. The number of nitrogens with zero attached hydrogens (tertiary/aromatic N) is 4. The van der Waals surface area contributed by atoms with E-state index in [1.54, 1.807) is 0 Å².